The van der Waals surface area contributed by atoms with Crippen LogP contribution < -0.4 is 11.5 Å². The van der Waals surface area contributed by atoms with Crippen molar-refractivity contribution in [1.29, 1.82) is 5.26 Å². The minimum Gasteiger partial charge on any atom is -0.366 e. The van der Waals surface area contributed by atoms with Gasteiger partial charge in [-0.25, -0.2) is 14.4 Å². The van der Waals surface area contributed by atoms with Gasteiger partial charge < -0.3 is 11.5 Å². The van der Waals surface area contributed by atoms with Crippen LogP contribution in [0.15, 0.2) is 36.4 Å². The van der Waals surface area contributed by atoms with E-state index in [4.69, 9.17) is 16.7 Å². The summed E-state index contributed by atoms with van der Waals surface area (Å²) in [5, 5.41) is 13.9. The largest absolute Gasteiger partial charge is 0.366 e. The van der Waals surface area contributed by atoms with Gasteiger partial charge in [0.15, 0.2) is 0 Å². The molecule has 2 amide bonds. The van der Waals surface area contributed by atoms with E-state index in [1.807, 2.05) is 6.07 Å². The van der Waals surface area contributed by atoms with Crippen LogP contribution in [-0.4, -0.2) is 31.6 Å². The van der Waals surface area contributed by atoms with Crippen molar-refractivity contribution < 1.29 is 14.0 Å². The normalized spacial score (nSPS) is 10.8. The fourth-order valence-corrected chi connectivity index (χ4v) is 3.91. The van der Waals surface area contributed by atoms with E-state index in [2.05, 4.69) is 15.1 Å². The molecule has 10 heteroatoms. The molecule has 9 nitrogen and oxygen atoms in total. The molecule has 0 radical (unpaired) electrons. The predicted molar refractivity (Wildman–Crippen MR) is 117 cm³/mol. The van der Waals surface area contributed by atoms with Gasteiger partial charge >= 0.3 is 0 Å². The number of carbonyl (C=O) groups excluding carboxylic acids is 2. The summed E-state index contributed by atoms with van der Waals surface area (Å²) < 4.78 is 15.4. The van der Waals surface area contributed by atoms with Crippen molar-refractivity contribution >= 4 is 22.7 Å². The Kier molecular flexibility index (Phi) is 5.31. The second-order valence-electron chi connectivity index (χ2n) is 7.43. The smallest absolute Gasteiger partial charge is 0.267 e. The summed E-state index contributed by atoms with van der Waals surface area (Å²) in [6.07, 6.45) is 0. The number of primary amides is 2. The number of benzene rings is 1. The Morgan fingerprint density at radius 3 is 2.52 bits per heavy atom. The molecule has 0 unspecified atom stereocenters. The Labute approximate surface area is 187 Å². The molecule has 0 bridgehead atoms. The molecule has 164 valence electrons. The quantitative estimate of drug-likeness (QED) is 0.483. The van der Waals surface area contributed by atoms with Gasteiger partial charge in [-0.05, 0) is 38.1 Å². The number of aromatic nitrogens is 4. The lowest BCUT2D eigenvalue weighted by Crippen LogP contribution is -2.21. The van der Waals surface area contributed by atoms with E-state index < -0.39 is 17.6 Å². The first-order chi connectivity index (χ1) is 15.7. The standard InChI is InChI=1S/C23H18FN7O2/c1-11-18(12(2)31(30-11)10-15-5-3-4-14(9-25)28-15)20-19(22(26)32)16-7-6-13(24)8-17(16)29-21(20)23(27)33/h3-8H,10H2,1-2H3,(H2,26,32)(H2,27,33). The number of amides is 2. The Morgan fingerprint density at radius 2 is 1.85 bits per heavy atom. The Balaban J connectivity index is 1.99. The van der Waals surface area contributed by atoms with Gasteiger partial charge in [0.1, 0.15) is 23.3 Å². The topological polar surface area (TPSA) is 154 Å². The van der Waals surface area contributed by atoms with Gasteiger partial charge in [-0.1, -0.05) is 6.07 Å². The zero-order valence-electron chi connectivity index (χ0n) is 17.8. The number of nitrogens with two attached hydrogens (primary N) is 2. The molecule has 0 aliphatic carbocycles. The van der Waals surface area contributed by atoms with Gasteiger partial charge in [0.05, 0.1) is 29.0 Å². The van der Waals surface area contributed by atoms with E-state index in [9.17, 15) is 14.0 Å². The van der Waals surface area contributed by atoms with Gasteiger partial charge in [0.25, 0.3) is 5.91 Å². The summed E-state index contributed by atoms with van der Waals surface area (Å²) in [5.41, 5.74) is 13.8. The third-order valence-corrected chi connectivity index (χ3v) is 5.29. The van der Waals surface area contributed by atoms with Crippen LogP contribution >= 0.6 is 0 Å². The van der Waals surface area contributed by atoms with Crippen molar-refractivity contribution in [2.75, 3.05) is 0 Å². The highest BCUT2D eigenvalue weighted by Gasteiger charge is 2.27. The number of pyridine rings is 2. The second kappa shape index (κ2) is 8.12. The highest BCUT2D eigenvalue weighted by Crippen LogP contribution is 2.36. The minimum absolute atomic E-state index is 0.00385. The highest BCUT2D eigenvalue weighted by molar-refractivity contribution is 6.15. The van der Waals surface area contributed by atoms with Crippen molar-refractivity contribution in [1.82, 2.24) is 19.7 Å². The number of nitriles is 1. The molecule has 4 N–H and O–H groups in total. The van der Waals surface area contributed by atoms with E-state index in [0.29, 0.717) is 28.0 Å². The van der Waals surface area contributed by atoms with Crippen LogP contribution in [0.3, 0.4) is 0 Å². The predicted octanol–water partition coefficient (Wildman–Crippen LogP) is 2.37. The molecule has 3 heterocycles. The van der Waals surface area contributed by atoms with E-state index in [-0.39, 0.29) is 34.6 Å². The van der Waals surface area contributed by atoms with Gasteiger partial charge in [-0.15, -0.1) is 0 Å². The van der Waals surface area contributed by atoms with Crippen LogP contribution in [0.4, 0.5) is 4.39 Å². The summed E-state index contributed by atoms with van der Waals surface area (Å²) in [6, 6.07) is 10.7. The van der Waals surface area contributed by atoms with Gasteiger partial charge in [0, 0.05) is 28.3 Å². The molecule has 0 spiro atoms. The van der Waals surface area contributed by atoms with Gasteiger partial charge in [0.2, 0.25) is 5.91 Å². The Morgan fingerprint density at radius 1 is 1.09 bits per heavy atom. The van der Waals surface area contributed by atoms with Crippen molar-refractivity contribution in [3.05, 3.63) is 76.2 Å². The maximum absolute atomic E-state index is 13.8. The molecule has 0 fully saturated rings. The van der Waals surface area contributed by atoms with Crippen molar-refractivity contribution in [3.8, 4) is 17.2 Å². The molecule has 0 aliphatic heterocycles. The SMILES string of the molecule is Cc1nn(Cc2cccc(C#N)n2)c(C)c1-c1c(C(N)=O)nc2cc(F)ccc2c1C(N)=O. The third-order valence-electron chi connectivity index (χ3n) is 5.29. The Bertz CT molecular complexity index is 1500. The molecular weight excluding hydrogens is 425 g/mol. The first-order valence-electron chi connectivity index (χ1n) is 9.84. The summed E-state index contributed by atoms with van der Waals surface area (Å²) in [7, 11) is 0. The second-order valence-corrected chi connectivity index (χ2v) is 7.43. The molecule has 4 rings (SSSR count). The van der Waals surface area contributed by atoms with Gasteiger partial charge in [-0.3, -0.25) is 14.3 Å². The zero-order chi connectivity index (χ0) is 23.9. The molecule has 0 saturated heterocycles. The van der Waals surface area contributed by atoms with Crippen LogP contribution in [-0.2, 0) is 6.54 Å². The maximum atomic E-state index is 13.8. The highest BCUT2D eigenvalue weighted by atomic mass is 19.1. The van der Waals surface area contributed by atoms with Crippen molar-refractivity contribution in [3.63, 3.8) is 0 Å². The lowest BCUT2D eigenvalue weighted by atomic mass is 9.92. The molecule has 1 aromatic carbocycles. The summed E-state index contributed by atoms with van der Waals surface area (Å²) >= 11 is 0. The Hall–Kier alpha value is -4.65. The number of hydrogen-bond donors (Lipinski definition) is 2. The molecule has 3 aromatic heterocycles. The third kappa shape index (κ3) is 3.76. The molecule has 4 aromatic rings. The summed E-state index contributed by atoms with van der Waals surface area (Å²) in [5.74, 6) is -2.30. The molecular formula is C23H18FN7O2. The van der Waals surface area contributed by atoms with Crippen LogP contribution in [0, 0.1) is 31.0 Å². The fraction of sp³-hybridized carbons (Fsp3) is 0.130. The molecule has 0 saturated carbocycles. The number of rotatable bonds is 5. The number of hydrogen-bond acceptors (Lipinski definition) is 6. The zero-order valence-corrected chi connectivity index (χ0v) is 17.8. The first kappa shape index (κ1) is 21.6. The molecule has 33 heavy (non-hydrogen) atoms. The van der Waals surface area contributed by atoms with Crippen molar-refractivity contribution in [2.45, 2.75) is 20.4 Å². The average molecular weight is 443 g/mol. The van der Waals surface area contributed by atoms with Crippen molar-refractivity contribution in [2.24, 2.45) is 11.5 Å². The number of aryl methyl sites for hydroxylation is 1. The van der Waals surface area contributed by atoms with E-state index >= 15 is 0 Å². The lowest BCUT2D eigenvalue weighted by molar-refractivity contribution is 0.0996. The average Bonchev–Trinajstić information content (AvgIpc) is 3.04. The number of fused-ring (bicyclic) bond motifs is 1. The number of halogens is 1. The van der Waals surface area contributed by atoms with Crippen LogP contribution in [0.2, 0.25) is 0 Å². The van der Waals surface area contributed by atoms with E-state index in [0.717, 1.165) is 6.07 Å². The number of nitrogens with zero attached hydrogens (tertiary/aromatic N) is 5. The minimum atomic E-state index is -0.895. The molecule has 0 atom stereocenters. The number of carbonyl (C=O) groups is 2. The van der Waals surface area contributed by atoms with Gasteiger partial charge in [-0.2, -0.15) is 10.4 Å². The first-order valence-corrected chi connectivity index (χ1v) is 9.84. The fourth-order valence-electron chi connectivity index (χ4n) is 3.91. The monoisotopic (exact) mass is 443 g/mol. The summed E-state index contributed by atoms with van der Waals surface area (Å²) in [4.78, 5) is 33.4. The van der Waals surface area contributed by atoms with E-state index in [1.165, 1.54) is 12.1 Å². The van der Waals surface area contributed by atoms with E-state index in [1.54, 1.807) is 36.7 Å². The summed E-state index contributed by atoms with van der Waals surface area (Å²) in [6.45, 7) is 3.71. The molecule has 0 aliphatic rings. The van der Waals surface area contributed by atoms with Crippen LogP contribution in [0.5, 0.6) is 0 Å². The van der Waals surface area contributed by atoms with Crippen LogP contribution in [0.25, 0.3) is 22.0 Å². The lowest BCUT2D eigenvalue weighted by Gasteiger charge is -2.15. The van der Waals surface area contributed by atoms with Crippen LogP contribution in [0.1, 0.15) is 43.6 Å². The maximum Gasteiger partial charge on any atom is 0.267 e.